The van der Waals surface area contributed by atoms with E-state index in [2.05, 4.69) is 4.74 Å². The Kier molecular flexibility index (Phi) is 2.03. The van der Waals surface area contributed by atoms with Gasteiger partial charge < -0.3 is 4.74 Å². The van der Waals surface area contributed by atoms with Gasteiger partial charge in [0.05, 0.1) is 13.2 Å². The third kappa shape index (κ3) is 1.45. The molecule has 0 aliphatic heterocycles. The Morgan fingerprint density at radius 1 is 1.36 bits per heavy atom. The highest BCUT2D eigenvalue weighted by atomic mass is 19.2. The van der Waals surface area contributed by atoms with E-state index in [9.17, 15) is 13.2 Å². The molecular weight excluding hydrogens is 157 g/mol. The molecule has 0 aliphatic carbocycles. The molecule has 1 aromatic carbocycles. The van der Waals surface area contributed by atoms with Crippen molar-refractivity contribution < 1.29 is 17.9 Å². The summed E-state index contributed by atoms with van der Waals surface area (Å²) in [6.45, 7) is 0. The topological polar surface area (TPSA) is 9.23 Å². The second kappa shape index (κ2) is 2.82. The zero-order valence-electron chi connectivity index (χ0n) is 5.62. The standard InChI is InChI=1S/C7H4F3O/c1-11-4-2-5(8)7(10)6(9)3-4/h2H,1H3. The number of hydrogen-bond donors (Lipinski definition) is 0. The van der Waals surface area contributed by atoms with Gasteiger partial charge in [0.15, 0.2) is 17.5 Å². The second-order valence-corrected chi connectivity index (χ2v) is 1.81. The van der Waals surface area contributed by atoms with Crippen molar-refractivity contribution in [2.24, 2.45) is 0 Å². The number of rotatable bonds is 1. The Balaban J connectivity index is 3.21. The molecule has 11 heavy (non-hydrogen) atoms. The van der Waals surface area contributed by atoms with Gasteiger partial charge in [-0.1, -0.05) is 0 Å². The van der Waals surface area contributed by atoms with Crippen molar-refractivity contribution in [3.63, 3.8) is 0 Å². The van der Waals surface area contributed by atoms with Gasteiger partial charge in [-0.05, 0) is 0 Å². The molecule has 1 nitrogen and oxygen atoms in total. The van der Waals surface area contributed by atoms with Crippen molar-refractivity contribution in [3.05, 3.63) is 29.6 Å². The maximum absolute atomic E-state index is 12.3. The monoisotopic (exact) mass is 161 g/mol. The molecule has 0 fully saturated rings. The highest BCUT2D eigenvalue weighted by Gasteiger charge is 2.10. The Morgan fingerprint density at radius 3 is 2.45 bits per heavy atom. The molecule has 4 heteroatoms. The smallest absolute Gasteiger partial charge is 0.195 e. The minimum absolute atomic E-state index is 0.165. The molecule has 59 valence electrons. The Bertz CT molecular complexity index is 249. The van der Waals surface area contributed by atoms with E-state index in [1.54, 1.807) is 0 Å². The molecule has 0 heterocycles. The Hall–Kier alpha value is -1.19. The van der Waals surface area contributed by atoms with Crippen LogP contribution in [0.1, 0.15) is 0 Å². The van der Waals surface area contributed by atoms with Crippen molar-refractivity contribution >= 4 is 0 Å². The summed E-state index contributed by atoms with van der Waals surface area (Å²) in [7, 11) is 1.21. The first kappa shape index (κ1) is 7.91. The SMILES string of the molecule is COc1[c]c(F)c(F)c(F)c1. The molecule has 1 radical (unpaired) electrons. The van der Waals surface area contributed by atoms with E-state index < -0.39 is 17.5 Å². The minimum Gasteiger partial charge on any atom is -0.496 e. The van der Waals surface area contributed by atoms with Crippen LogP contribution in [-0.4, -0.2) is 7.11 Å². The number of benzene rings is 1. The van der Waals surface area contributed by atoms with Crippen molar-refractivity contribution in [3.8, 4) is 5.75 Å². The predicted molar refractivity (Wildman–Crippen MR) is 31.7 cm³/mol. The van der Waals surface area contributed by atoms with Gasteiger partial charge in [-0.3, -0.25) is 0 Å². The first-order valence-corrected chi connectivity index (χ1v) is 2.76. The highest BCUT2D eigenvalue weighted by molar-refractivity contribution is 5.23. The van der Waals surface area contributed by atoms with E-state index in [-0.39, 0.29) is 5.75 Å². The third-order valence-electron chi connectivity index (χ3n) is 1.11. The summed E-state index contributed by atoms with van der Waals surface area (Å²) in [6.07, 6.45) is 0. The molecule has 0 bridgehead atoms. The van der Waals surface area contributed by atoms with Gasteiger partial charge in [-0.15, -0.1) is 0 Å². The summed E-state index contributed by atoms with van der Waals surface area (Å²) in [6, 6.07) is 2.58. The fraction of sp³-hybridized carbons (Fsp3) is 0.143. The molecule has 1 aromatic rings. The molecule has 0 aromatic heterocycles. The quantitative estimate of drug-likeness (QED) is 0.571. The Morgan fingerprint density at radius 2 is 2.00 bits per heavy atom. The third-order valence-corrected chi connectivity index (χ3v) is 1.11. The minimum atomic E-state index is -1.54. The lowest BCUT2D eigenvalue weighted by Crippen LogP contribution is -1.93. The van der Waals surface area contributed by atoms with Gasteiger partial charge >= 0.3 is 0 Å². The van der Waals surface area contributed by atoms with Gasteiger partial charge in [0.2, 0.25) is 0 Å². The van der Waals surface area contributed by atoms with Crippen molar-refractivity contribution in [2.75, 3.05) is 7.11 Å². The molecule has 0 amide bonds. The van der Waals surface area contributed by atoms with E-state index in [4.69, 9.17) is 0 Å². The lowest BCUT2D eigenvalue weighted by Gasteiger charge is -1.99. The highest BCUT2D eigenvalue weighted by Crippen LogP contribution is 2.17. The van der Waals surface area contributed by atoms with E-state index in [1.165, 1.54) is 7.11 Å². The normalized spacial score (nSPS) is 9.82. The summed E-state index contributed by atoms with van der Waals surface area (Å²) in [5.41, 5.74) is 0. The number of ether oxygens (including phenoxy) is 1. The average Bonchev–Trinajstić information content (AvgIpc) is 1.99. The van der Waals surface area contributed by atoms with E-state index in [0.29, 0.717) is 0 Å². The number of hydrogen-bond acceptors (Lipinski definition) is 1. The lowest BCUT2D eigenvalue weighted by atomic mass is 10.3. The zero-order chi connectivity index (χ0) is 8.43. The van der Waals surface area contributed by atoms with E-state index in [0.717, 1.165) is 6.07 Å². The summed E-state index contributed by atoms with van der Waals surface area (Å²) < 4.78 is 41.2. The van der Waals surface area contributed by atoms with Crippen LogP contribution in [0.3, 0.4) is 0 Å². The summed E-state index contributed by atoms with van der Waals surface area (Å²) in [5, 5.41) is 0. The van der Waals surface area contributed by atoms with E-state index >= 15 is 0 Å². The molecule has 0 saturated carbocycles. The van der Waals surface area contributed by atoms with Crippen LogP contribution >= 0.6 is 0 Å². The summed E-state index contributed by atoms with van der Waals surface area (Å²) in [5.74, 6) is -4.35. The van der Waals surface area contributed by atoms with Crippen LogP contribution in [0.4, 0.5) is 13.2 Å². The predicted octanol–water partition coefficient (Wildman–Crippen LogP) is 1.91. The first-order valence-electron chi connectivity index (χ1n) is 2.76. The van der Waals surface area contributed by atoms with Crippen LogP contribution in [0, 0.1) is 23.5 Å². The van der Waals surface area contributed by atoms with Crippen molar-refractivity contribution in [1.82, 2.24) is 0 Å². The summed E-state index contributed by atoms with van der Waals surface area (Å²) >= 11 is 0. The van der Waals surface area contributed by atoms with Crippen LogP contribution in [0.15, 0.2) is 6.07 Å². The fourth-order valence-corrected chi connectivity index (χ4v) is 0.592. The molecule has 0 aliphatic rings. The molecule has 0 saturated heterocycles. The van der Waals surface area contributed by atoms with Gasteiger partial charge in [0, 0.05) is 6.07 Å². The van der Waals surface area contributed by atoms with Crippen LogP contribution in [-0.2, 0) is 0 Å². The molecule has 0 unspecified atom stereocenters. The number of halogens is 3. The molecule has 0 atom stereocenters. The zero-order valence-corrected chi connectivity index (χ0v) is 5.62. The maximum atomic E-state index is 12.3. The van der Waals surface area contributed by atoms with Crippen molar-refractivity contribution in [2.45, 2.75) is 0 Å². The van der Waals surface area contributed by atoms with Crippen LogP contribution in [0.5, 0.6) is 5.75 Å². The molecule has 0 spiro atoms. The fourth-order valence-electron chi connectivity index (χ4n) is 0.592. The lowest BCUT2D eigenvalue weighted by molar-refractivity contribution is 0.389. The van der Waals surface area contributed by atoms with E-state index in [1.807, 2.05) is 6.07 Å². The van der Waals surface area contributed by atoms with Crippen LogP contribution in [0.2, 0.25) is 0 Å². The van der Waals surface area contributed by atoms with Gasteiger partial charge in [0.25, 0.3) is 0 Å². The van der Waals surface area contributed by atoms with Crippen LogP contribution in [0.25, 0.3) is 0 Å². The summed E-state index contributed by atoms with van der Waals surface area (Å²) in [4.78, 5) is 0. The van der Waals surface area contributed by atoms with Gasteiger partial charge in [-0.25, -0.2) is 13.2 Å². The Labute approximate surface area is 61.4 Å². The molecule has 1 rings (SSSR count). The van der Waals surface area contributed by atoms with Gasteiger partial charge in [0.1, 0.15) is 5.75 Å². The van der Waals surface area contributed by atoms with Crippen molar-refractivity contribution in [1.29, 1.82) is 0 Å². The maximum Gasteiger partial charge on any atom is 0.195 e. The second-order valence-electron chi connectivity index (χ2n) is 1.81. The average molecular weight is 161 g/mol. The van der Waals surface area contributed by atoms with Gasteiger partial charge in [-0.2, -0.15) is 0 Å². The molecular formula is C7H4F3O. The largest absolute Gasteiger partial charge is 0.496 e. The van der Waals surface area contributed by atoms with Crippen LogP contribution < -0.4 is 4.74 Å². The molecule has 0 N–H and O–H groups in total. The first-order chi connectivity index (χ1) is 5.15. The number of methoxy groups -OCH3 is 1.